The van der Waals surface area contributed by atoms with Gasteiger partial charge >= 0.3 is 5.97 Å². The lowest BCUT2D eigenvalue weighted by Gasteiger charge is -2.15. The molecule has 0 spiro atoms. The van der Waals surface area contributed by atoms with Gasteiger partial charge in [-0.3, -0.25) is 4.79 Å². The second-order valence-electron chi connectivity index (χ2n) is 4.16. The monoisotopic (exact) mass is 226 g/mol. The lowest BCUT2D eigenvalue weighted by atomic mass is 10.0. The molecule has 1 aliphatic rings. The first-order valence-electron chi connectivity index (χ1n) is 5.19. The summed E-state index contributed by atoms with van der Waals surface area (Å²) in [5, 5.41) is 8.55. The summed E-state index contributed by atoms with van der Waals surface area (Å²) < 4.78 is 27.2. The number of halogens is 2. The average molecular weight is 226 g/mol. The standard InChI is InChI=1S/C12H12F2O2/c13-12(14,10-5-6-10)9-3-1-8(2-4-9)7-11(15)16/h1-4,10H,5-7H2,(H,15,16). The lowest BCUT2D eigenvalue weighted by molar-refractivity contribution is -0.136. The molecular formula is C12H12F2O2. The number of alkyl halides is 2. The van der Waals surface area contributed by atoms with E-state index in [2.05, 4.69) is 0 Å². The van der Waals surface area contributed by atoms with Crippen molar-refractivity contribution in [3.05, 3.63) is 35.4 Å². The van der Waals surface area contributed by atoms with Gasteiger partial charge in [-0.2, -0.15) is 0 Å². The Labute approximate surface area is 91.9 Å². The molecule has 16 heavy (non-hydrogen) atoms. The van der Waals surface area contributed by atoms with Crippen molar-refractivity contribution in [3.63, 3.8) is 0 Å². The van der Waals surface area contributed by atoms with Gasteiger partial charge in [0.15, 0.2) is 0 Å². The summed E-state index contributed by atoms with van der Waals surface area (Å²) in [4.78, 5) is 10.4. The highest BCUT2D eigenvalue weighted by Gasteiger charge is 2.47. The van der Waals surface area contributed by atoms with Crippen molar-refractivity contribution in [2.75, 3.05) is 0 Å². The predicted octanol–water partition coefficient (Wildman–Crippen LogP) is 2.82. The van der Waals surface area contributed by atoms with Gasteiger partial charge in [-0.1, -0.05) is 24.3 Å². The maximum Gasteiger partial charge on any atom is 0.307 e. The van der Waals surface area contributed by atoms with E-state index < -0.39 is 17.8 Å². The fourth-order valence-electron chi connectivity index (χ4n) is 1.70. The number of carboxylic acids is 1. The molecule has 0 bridgehead atoms. The summed E-state index contributed by atoms with van der Waals surface area (Å²) in [5.74, 6) is -4.25. The maximum atomic E-state index is 13.6. The van der Waals surface area contributed by atoms with Crippen molar-refractivity contribution in [2.24, 2.45) is 5.92 Å². The summed E-state index contributed by atoms with van der Waals surface area (Å²) in [6, 6.07) is 5.58. The van der Waals surface area contributed by atoms with E-state index in [1.165, 1.54) is 24.3 Å². The minimum Gasteiger partial charge on any atom is -0.481 e. The van der Waals surface area contributed by atoms with Gasteiger partial charge in [-0.05, 0) is 18.4 Å². The number of hydrogen-bond donors (Lipinski definition) is 1. The van der Waals surface area contributed by atoms with E-state index in [4.69, 9.17) is 5.11 Å². The number of benzene rings is 1. The fraction of sp³-hybridized carbons (Fsp3) is 0.417. The largest absolute Gasteiger partial charge is 0.481 e. The van der Waals surface area contributed by atoms with Gasteiger partial charge < -0.3 is 5.11 Å². The average Bonchev–Trinajstić information content (AvgIpc) is 3.00. The van der Waals surface area contributed by atoms with Crippen LogP contribution in [0.3, 0.4) is 0 Å². The molecule has 1 aliphatic carbocycles. The quantitative estimate of drug-likeness (QED) is 0.857. The van der Waals surface area contributed by atoms with Crippen LogP contribution < -0.4 is 0 Å². The normalized spacial score (nSPS) is 16.1. The lowest BCUT2D eigenvalue weighted by Crippen LogP contribution is -2.15. The van der Waals surface area contributed by atoms with Crippen molar-refractivity contribution in [1.29, 1.82) is 0 Å². The van der Waals surface area contributed by atoms with E-state index in [-0.39, 0.29) is 12.0 Å². The Kier molecular flexibility index (Phi) is 2.66. The molecule has 2 nitrogen and oxygen atoms in total. The van der Waals surface area contributed by atoms with Crippen molar-refractivity contribution < 1.29 is 18.7 Å². The van der Waals surface area contributed by atoms with Gasteiger partial charge in [0.2, 0.25) is 0 Å². The first-order chi connectivity index (χ1) is 7.50. The minimum atomic E-state index is -2.76. The van der Waals surface area contributed by atoms with E-state index in [0.29, 0.717) is 18.4 Å². The summed E-state index contributed by atoms with van der Waals surface area (Å²) in [6.07, 6.45) is 1.02. The predicted molar refractivity (Wildman–Crippen MR) is 54.4 cm³/mol. The van der Waals surface area contributed by atoms with Crippen LogP contribution in [0.1, 0.15) is 24.0 Å². The molecule has 4 heteroatoms. The van der Waals surface area contributed by atoms with Crippen molar-refractivity contribution in [2.45, 2.75) is 25.2 Å². The molecule has 0 aromatic heterocycles. The zero-order valence-corrected chi connectivity index (χ0v) is 8.62. The molecule has 0 saturated heterocycles. The highest BCUT2D eigenvalue weighted by atomic mass is 19.3. The zero-order valence-electron chi connectivity index (χ0n) is 8.62. The first-order valence-corrected chi connectivity index (χ1v) is 5.19. The summed E-state index contributed by atoms with van der Waals surface area (Å²) in [5.41, 5.74) is 0.534. The third kappa shape index (κ3) is 2.21. The third-order valence-corrected chi connectivity index (χ3v) is 2.78. The molecule has 0 aliphatic heterocycles. The topological polar surface area (TPSA) is 37.3 Å². The Morgan fingerprint density at radius 2 is 1.88 bits per heavy atom. The number of aliphatic carboxylic acids is 1. The highest BCUT2D eigenvalue weighted by molar-refractivity contribution is 5.70. The Hall–Kier alpha value is -1.45. The summed E-state index contributed by atoms with van der Waals surface area (Å²) in [7, 11) is 0. The van der Waals surface area contributed by atoms with E-state index in [1.807, 2.05) is 0 Å². The van der Waals surface area contributed by atoms with E-state index in [1.54, 1.807) is 0 Å². The Morgan fingerprint density at radius 3 is 2.31 bits per heavy atom. The molecular weight excluding hydrogens is 214 g/mol. The SMILES string of the molecule is O=C(O)Cc1ccc(C(F)(F)C2CC2)cc1. The van der Waals surface area contributed by atoms with Crippen LogP contribution in [0.15, 0.2) is 24.3 Å². The molecule has 0 atom stereocenters. The van der Waals surface area contributed by atoms with Gasteiger partial charge in [0.1, 0.15) is 0 Å². The van der Waals surface area contributed by atoms with Gasteiger partial charge in [-0.15, -0.1) is 0 Å². The molecule has 0 radical (unpaired) electrons. The van der Waals surface area contributed by atoms with Crippen LogP contribution in [-0.2, 0) is 17.1 Å². The Morgan fingerprint density at radius 1 is 1.31 bits per heavy atom. The van der Waals surface area contributed by atoms with Gasteiger partial charge in [0.05, 0.1) is 6.42 Å². The molecule has 1 N–H and O–H groups in total. The van der Waals surface area contributed by atoms with Crippen molar-refractivity contribution in [1.82, 2.24) is 0 Å². The van der Waals surface area contributed by atoms with Crippen LogP contribution in [0.4, 0.5) is 8.78 Å². The van der Waals surface area contributed by atoms with Gasteiger partial charge in [0.25, 0.3) is 5.92 Å². The molecule has 0 heterocycles. The molecule has 86 valence electrons. The van der Waals surface area contributed by atoms with Crippen LogP contribution in [-0.4, -0.2) is 11.1 Å². The Bertz CT molecular complexity index is 394. The maximum absolute atomic E-state index is 13.6. The van der Waals surface area contributed by atoms with Crippen LogP contribution in [0, 0.1) is 5.92 Å². The van der Waals surface area contributed by atoms with Crippen LogP contribution >= 0.6 is 0 Å². The molecule has 2 rings (SSSR count). The van der Waals surface area contributed by atoms with Crippen LogP contribution in [0.2, 0.25) is 0 Å². The number of rotatable bonds is 4. The van der Waals surface area contributed by atoms with Crippen molar-refractivity contribution >= 4 is 5.97 Å². The van der Waals surface area contributed by atoms with E-state index in [9.17, 15) is 13.6 Å². The van der Waals surface area contributed by atoms with Crippen LogP contribution in [0.25, 0.3) is 0 Å². The first kappa shape index (κ1) is 11.0. The zero-order chi connectivity index (χ0) is 11.8. The second-order valence-corrected chi connectivity index (χ2v) is 4.16. The van der Waals surface area contributed by atoms with Gasteiger partial charge in [0, 0.05) is 11.5 Å². The highest BCUT2D eigenvalue weighted by Crippen LogP contribution is 2.49. The molecule has 0 unspecified atom stereocenters. The summed E-state index contributed by atoms with van der Waals surface area (Å²) >= 11 is 0. The number of hydrogen-bond acceptors (Lipinski definition) is 1. The second kappa shape index (κ2) is 3.85. The molecule has 1 saturated carbocycles. The van der Waals surface area contributed by atoms with Crippen molar-refractivity contribution in [3.8, 4) is 0 Å². The van der Waals surface area contributed by atoms with Crippen LogP contribution in [0.5, 0.6) is 0 Å². The number of carbonyl (C=O) groups is 1. The van der Waals surface area contributed by atoms with Gasteiger partial charge in [-0.25, -0.2) is 8.78 Å². The smallest absolute Gasteiger partial charge is 0.307 e. The third-order valence-electron chi connectivity index (χ3n) is 2.78. The van der Waals surface area contributed by atoms with E-state index in [0.717, 1.165) is 0 Å². The minimum absolute atomic E-state index is 0.0101. The summed E-state index contributed by atoms with van der Waals surface area (Å²) in [6.45, 7) is 0. The molecule has 0 amide bonds. The fourth-order valence-corrected chi connectivity index (χ4v) is 1.70. The Balaban J connectivity index is 2.15. The molecule has 1 aromatic rings. The van der Waals surface area contributed by atoms with E-state index >= 15 is 0 Å². The molecule has 1 aromatic carbocycles. The molecule has 1 fully saturated rings. The number of carboxylic acid groups (broad SMARTS) is 1.